The molecule has 1 N–H and O–H groups in total. The van der Waals surface area contributed by atoms with Crippen molar-refractivity contribution < 1.29 is 5.11 Å². The summed E-state index contributed by atoms with van der Waals surface area (Å²) in [5.41, 5.74) is 0. The van der Waals surface area contributed by atoms with Crippen molar-refractivity contribution in [1.82, 2.24) is 0 Å². The summed E-state index contributed by atoms with van der Waals surface area (Å²) in [5, 5.41) is 9.60. The normalized spacial score (nSPS) is 32.0. The van der Waals surface area contributed by atoms with E-state index >= 15 is 0 Å². The summed E-state index contributed by atoms with van der Waals surface area (Å²) in [6.07, 6.45) is 10.7. The molecule has 3 unspecified atom stereocenters. The van der Waals surface area contributed by atoms with Crippen LogP contribution in [-0.4, -0.2) is 11.2 Å². The van der Waals surface area contributed by atoms with Crippen LogP contribution in [-0.2, 0) is 0 Å². The third-order valence-electron chi connectivity index (χ3n) is 3.67. The summed E-state index contributed by atoms with van der Waals surface area (Å²) in [4.78, 5) is 0. The number of aliphatic hydroxyl groups is 1. The van der Waals surface area contributed by atoms with Crippen molar-refractivity contribution in [2.45, 2.75) is 58.0 Å². The molecule has 1 aliphatic carbocycles. The predicted molar refractivity (Wildman–Crippen MR) is 61.2 cm³/mol. The Kier molecular flexibility index (Phi) is 5.24. The number of aliphatic hydroxyl groups excluding tert-OH is 1. The van der Waals surface area contributed by atoms with Crippen molar-refractivity contribution in [1.29, 1.82) is 0 Å². The topological polar surface area (TPSA) is 20.2 Å². The minimum atomic E-state index is -0.0202. The second-order valence-electron chi connectivity index (χ2n) is 4.69. The molecule has 1 rings (SSSR count). The van der Waals surface area contributed by atoms with Crippen LogP contribution < -0.4 is 0 Å². The molecule has 0 aliphatic heterocycles. The first-order valence-corrected chi connectivity index (χ1v) is 6.04. The van der Waals surface area contributed by atoms with Crippen molar-refractivity contribution in [2.24, 2.45) is 11.8 Å². The Balaban J connectivity index is 2.04. The Morgan fingerprint density at radius 1 is 1.29 bits per heavy atom. The van der Waals surface area contributed by atoms with E-state index in [1.54, 1.807) is 0 Å². The third-order valence-corrected chi connectivity index (χ3v) is 3.67. The smallest absolute Gasteiger partial charge is 0.0568 e. The van der Waals surface area contributed by atoms with Gasteiger partial charge >= 0.3 is 0 Å². The first-order chi connectivity index (χ1) is 6.75. The van der Waals surface area contributed by atoms with Gasteiger partial charge in [-0.05, 0) is 37.5 Å². The van der Waals surface area contributed by atoms with Gasteiger partial charge in [0.2, 0.25) is 0 Å². The minimum Gasteiger partial charge on any atom is -0.393 e. The highest BCUT2D eigenvalue weighted by Gasteiger charge is 2.30. The standard InChI is InChI=1S/C13H24O/c1-3-4-5-6-7-8-12-9-10-13(14)11(12)2/h3,11-14H,1,4-10H2,2H3. The molecule has 1 aliphatic rings. The molecule has 1 nitrogen and oxygen atoms in total. The van der Waals surface area contributed by atoms with E-state index < -0.39 is 0 Å². The molecule has 0 aromatic rings. The van der Waals surface area contributed by atoms with Crippen molar-refractivity contribution in [3.63, 3.8) is 0 Å². The fourth-order valence-electron chi connectivity index (χ4n) is 2.50. The quantitative estimate of drug-likeness (QED) is 0.509. The van der Waals surface area contributed by atoms with Gasteiger partial charge in [0.05, 0.1) is 6.10 Å². The van der Waals surface area contributed by atoms with Gasteiger partial charge < -0.3 is 5.11 Å². The molecule has 0 heterocycles. The Hall–Kier alpha value is -0.300. The molecular formula is C13H24O. The Morgan fingerprint density at radius 2 is 2.07 bits per heavy atom. The molecule has 0 radical (unpaired) electrons. The summed E-state index contributed by atoms with van der Waals surface area (Å²) >= 11 is 0. The zero-order chi connectivity index (χ0) is 10.4. The molecule has 3 atom stereocenters. The first kappa shape index (κ1) is 11.8. The number of hydrogen-bond acceptors (Lipinski definition) is 1. The van der Waals surface area contributed by atoms with Gasteiger partial charge in [0.25, 0.3) is 0 Å². The molecule has 0 aromatic carbocycles. The van der Waals surface area contributed by atoms with Crippen LogP contribution in [0.5, 0.6) is 0 Å². The van der Waals surface area contributed by atoms with E-state index in [-0.39, 0.29) is 6.10 Å². The molecule has 82 valence electrons. The molecule has 0 bridgehead atoms. The fourth-order valence-corrected chi connectivity index (χ4v) is 2.50. The lowest BCUT2D eigenvalue weighted by atomic mass is 9.91. The highest BCUT2D eigenvalue weighted by Crippen LogP contribution is 2.35. The monoisotopic (exact) mass is 196 g/mol. The van der Waals surface area contributed by atoms with Crippen LogP contribution in [0.15, 0.2) is 12.7 Å². The largest absolute Gasteiger partial charge is 0.393 e. The summed E-state index contributed by atoms with van der Waals surface area (Å²) in [7, 11) is 0. The molecule has 14 heavy (non-hydrogen) atoms. The van der Waals surface area contributed by atoms with Gasteiger partial charge in [-0.1, -0.05) is 32.3 Å². The number of allylic oxidation sites excluding steroid dienone is 1. The van der Waals surface area contributed by atoms with Gasteiger partial charge in [-0.3, -0.25) is 0 Å². The summed E-state index contributed by atoms with van der Waals surface area (Å²) < 4.78 is 0. The van der Waals surface area contributed by atoms with Crippen LogP contribution in [0.1, 0.15) is 51.9 Å². The number of unbranched alkanes of at least 4 members (excludes halogenated alkanes) is 3. The highest BCUT2D eigenvalue weighted by atomic mass is 16.3. The van der Waals surface area contributed by atoms with Crippen LogP contribution in [0.4, 0.5) is 0 Å². The van der Waals surface area contributed by atoms with Crippen LogP contribution >= 0.6 is 0 Å². The van der Waals surface area contributed by atoms with E-state index in [1.165, 1.54) is 32.1 Å². The van der Waals surface area contributed by atoms with E-state index in [9.17, 15) is 5.11 Å². The highest BCUT2D eigenvalue weighted by molar-refractivity contribution is 4.81. The average molecular weight is 196 g/mol. The van der Waals surface area contributed by atoms with E-state index in [0.717, 1.165) is 18.8 Å². The van der Waals surface area contributed by atoms with Crippen molar-refractivity contribution >= 4 is 0 Å². The van der Waals surface area contributed by atoms with Gasteiger partial charge in [0.15, 0.2) is 0 Å². The zero-order valence-electron chi connectivity index (χ0n) is 9.41. The molecule has 1 fully saturated rings. The van der Waals surface area contributed by atoms with E-state index in [4.69, 9.17) is 0 Å². The predicted octanol–water partition coefficient (Wildman–Crippen LogP) is 3.53. The van der Waals surface area contributed by atoms with Crippen LogP contribution in [0.3, 0.4) is 0 Å². The number of rotatable bonds is 6. The number of hydrogen-bond donors (Lipinski definition) is 1. The van der Waals surface area contributed by atoms with Crippen molar-refractivity contribution in [3.8, 4) is 0 Å². The SMILES string of the molecule is C=CCCCCCC1CCC(O)C1C. The molecule has 1 saturated carbocycles. The van der Waals surface area contributed by atoms with E-state index in [2.05, 4.69) is 13.5 Å². The van der Waals surface area contributed by atoms with Crippen LogP contribution in [0.2, 0.25) is 0 Å². The maximum atomic E-state index is 9.60. The fraction of sp³-hybridized carbons (Fsp3) is 0.846. The molecule has 0 spiro atoms. The van der Waals surface area contributed by atoms with Gasteiger partial charge in [-0.2, -0.15) is 0 Å². The first-order valence-electron chi connectivity index (χ1n) is 6.04. The van der Waals surface area contributed by atoms with Crippen LogP contribution in [0, 0.1) is 11.8 Å². The minimum absolute atomic E-state index is 0.0202. The van der Waals surface area contributed by atoms with E-state index in [0.29, 0.717) is 5.92 Å². The van der Waals surface area contributed by atoms with Crippen molar-refractivity contribution in [2.75, 3.05) is 0 Å². The average Bonchev–Trinajstić information content (AvgIpc) is 2.49. The van der Waals surface area contributed by atoms with Gasteiger partial charge in [0, 0.05) is 0 Å². The molecular weight excluding hydrogens is 172 g/mol. The Labute approximate surface area is 88.2 Å². The van der Waals surface area contributed by atoms with E-state index in [1.807, 2.05) is 6.08 Å². The zero-order valence-corrected chi connectivity index (χ0v) is 9.41. The van der Waals surface area contributed by atoms with Gasteiger partial charge in [-0.15, -0.1) is 6.58 Å². The second kappa shape index (κ2) is 6.23. The Morgan fingerprint density at radius 3 is 2.64 bits per heavy atom. The lowest BCUT2D eigenvalue weighted by molar-refractivity contribution is 0.125. The summed E-state index contributed by atoms with van der Waals surface area (Å²) in [5.74, 6) is 1.32. The van der Waals surface area contributed by atoms with Crippen LogP contribution in [0.25, 0.3) is 0 Å². The third kappa shape index (κ3) is 3.45. The van der Waals surface area contributed by atoms with Gasteiger partial charge in [0.1, 0.15) is 0 Å². The maximum Gasteiger partial charge on any atom is 0.0568 e. The molecule has 0 saturated heterocycles. The summed E-state index contributed by atoms with van der Waals surface area (Å²) in [6.45, 7) is 5.93. The maximum absolute atomic E-state index is 9.60. The lowest BCUT2D eigenvalue weighted by Gasteiger charge is -2.16. The lowest BCUT2D eigenvalue weighted by Crippen LogP contribution is -2.15. The molecule has 0 aromatic heterocycles. The van der Waals surface area contributed by atoms with Gasteiger partial charge in [-0.25, -0.2) is 0 Å². The van der Waals surface area contributed by atoms with Crippen molar-refractivity contribution in [3.05, 3.63) is 12.7 Å². The molecule has 0 amide bonds. The summed E-state index contributed by atoms with van der Waals surface area (Å²) in [6, 6.07) is 0. The Bertz CT molecular complexity index is 165. The molecule has 1 heteroatoms. The second-order valence-corrected chi connectivity index (χ2v) is 4.69.